The van der Waals surface area contributed by atoms with Crippen molar-refractivity contribution in [3.05, 3.63) is 59.7 Å². The van der Waals surface area contributed by atoms with Gasteiger partial charge in [0.25, 0.3) is 0 Å². The molecule has 2 atom stereocenters. The third-order valence-electron chi connectivity index (χ3n) is 5.44. The highest BCUT2D eigenvalue weighted by molar-refractivity contribution is 5.89. The smallest absolute Gasteiger partial charge is 0.407 e. The summed E-state index contributed by atoms with van der Waals surface area (Å²) in [6, 6.07) is 14.6. The normalized spacial score (nSPS) is 14.1. The van der Waals surface area contributed by atoms with Gasteiger partial charge in [-0.15, -0.1) is 0 Å². The van der Waals surface area contributed by atoms with Gasteiger partial charge in [0.15, 0.2) is 0 Å². The van der Waals surface area contributed by atoms with Crippen LogP contribution in [-0.2, 0) is 14.3 Å². The number of ether oxygens (including phenoxy) is 1. The molecule has 0 spiro atoms. The fourth-order valence-corrected chi connectivity index (χ4v) is 4.01. The Morgan fingerprint density at radius 3 is 2.13 bits per heavy atom. The first kappa shape index (κ1) is 22.3. The fourth-order valence-electron chi connectivity index (χ4n) is 4.01. The summed E-state index contributed by atoms with van der Waals surface area (Å²) >= 11 is 0. The van der Waals surface area contributed by atoms with Crippen molar-refractivity contribution in [2.45, 2.75) is 51.1 Å². The Labute approximate surface area is 181 Å². The van der Waals surface area contributed by atoms with Crippen LogP contribution in [0.5, 0.6) is 0 Å². The second-order valence-corrected chi connectivity index (χ2v) is 7.82. The summed E-state index contributed by atoms with van der Waals surface area (Å²) in [6.45, 7) is 3.92. The summed E-state index contributed by atoms with van der Waals surface area (Å²) in [5.41, 5.74) is 4.37. The van der Waals surface area contributed by atoms with Crippen molar-refractivity contribution in [2.75, 3.05) is 6.61 Å². The molecule has 0 aliphatic heterocycles. The van der Waals surface area contributed by atoms with E-state index in [0.29, 0.717) is 0 Å². The number of carbonyl (C=O) groups is 3. The summed E-state index contributed by atoms with van der Waals surface area (Å²) in [5, 5.41) is 14.3. The van der Waals surface area contributed by atoms with Crippen LogP contribution in [0.2, 0.25) is 0 Å². The van der Waals surface area contributed by atoms with Crippen molar-refractivity contribution in [3.63, 3.8) is 0 Å². The largest absolute Gasteiger partial charge is 0.481 e. The van der Waals surface area contributed by atoms with E-state index in [1.807, 2.05) is 62.4 Å². The average molecular weight is 424 g/mol. The number of benzene rings is 2. The highest BCUT2D eigenvalue weighted by atomic mass is 16.5. The van der Waals surface area contributed by atoms with Crippen LogP contribution in [0.3, 0.4) is 0 Å². The molecule has 3 N–H and O–H groups in total. The molecule has 2 aromatic rings. The van der Waals surface area contributed by atoms with Gasteiger partial charge in [-0.05, 0) is 35.6 Å². The maximum atomic E-state index is 12.4. The lowest BCUT2D eigenvalue weighted by molar-refractivity contribution is -0.140. The Kier molecular flexibility index (Phi) is 7.28. The Bertz CT molecular complexity index is 913. The van der Waals surface area contributed by atoms with Gasteiger partial charge in [-0.1, -0.05) is 61.9 Å². The molecule has 3 rings (SSSR count). The molecule has 0 saturated carbocycles. The lowest BCUT2D eigenvalue weighted by Gasteiger charge is -2.20. The minimum atomic E-state index is -1.20. The molecule has 0 aromatic heterocycles. The van der Waals surface area contributed by atoms with Crippen molar-refractivity contribution in [1.29, 1.82) is 0 Å². The number of carboxylic acids is 1. The third-order valence-corrected chi connectivity index (χ3v) is 5.44. The molecule has 0 fully saturated rings. The van der Waals surface area contributed by atoms with E-state index in [-0.39, 0.29) is 18.6 Å². The molecule has 0 heterocycles. The standard InChI is InChI=1S/C24H28N2O5/c1-3-8-15(2)25-23(29)21(13-22(27)28)26-24(30)31-14-20-18-11-6-4-9-16(18)17-10-5-7-12-19(17)20/h4-7,9-12,15,20-21H,3,8,13-14H2,1-2H3,(H,25,29)(H,26,30)(H,27,28). The molecule has 7 nitrogen and oxygen atoms in total. The van der Waals surface area contributed by atoms with Gasteiger partial charge < -0.3 is 20.5 Å². The second-order valence-electron chi connectivity index (χ2n) is 7.82. The van der Waals surface area contributed by atoms with Crippen molar-refractivity contribution >= 4 is 18.0 Å². The van der Waals surface area contributed by atoms with Crippen LogP contribution >= 0.6 is 0 Å². The number of carboxylic acid groups (broad SMARTS) is 1. The van der Waals surface area contributed by atoms with Gasteiger partial charge in [-0.2, -0.15) is 0 Å². The number of rotatable bonds is 9. The molecule has 164 valence electrons. The van der Waals surface area contributed by atoms with Gasteiger partial charge in [0.2, 0.25) is 5.91 Å². The number of alkyl carbamates (subject to hydrolysis) is 1. The number of fused-ring (bicyclic) bond motifs is 3. The molecular weight excluding hydrogens is 396 g/mol. The van der Waals surface area contributed by atoms with E-state index in [1.54, 1.807) is 0 Å². The van der Waals surface area contributed by atoms with Crippen LogP contribution in [-0.4, -0.2) is 41.8 Å². The SMILES string of the molecule is CCCC(C)NC(=O)C(CC(=O)O)NC(=O)OCC1c2ccccc2-c2ccccc21. The van der Waals surface area contributed by atoms with Gasteiger partial charge in [-0.3, -0.25) is 9.59 Å². The molecule has 0 saturated heterocycles. The van der Waals surface area contributed by atoms with Gasteiger partial charge in [0, 0.05) is 12.0 Å². The summed E-state index contributed by atoms with van der Waals surface area (Å²) in [5.74, 6) is -1.83. The number of hydrogen-bond donors (Lipinski definition) is 3. The minimum Gasteiger partial charge on any atom is -0.481 e. The van der Waals surface area contributed by atoms with Crippen LogP contribution in [0.4, 0.5) is 4.79 Å². The molecular formula is C24H28N2O5. The number of aliphatic carboxylic acids is 1. The Hall–Kier alpha value is -3.35. The Morgan fingerprint density at radius 1 is 1.00 bits per heavy atom. The first-order chi connectivity index (χ1) is 14.9. The predicted molar refractivity (Wildman–Crippen MR) is 117 cm³/mol. The predicted octanol–water partition coefficient (Wildman–Crippen LogP) is 3.67. The summed E-state index contributed by atoms with van der Waals surface area (Å²) in [4.78, 5) is 36.0. The van der Waals surface area contributed by atoms with Crippen molar-refractivity contribution in [2.24, 2.45) is 0 Å². The maximum Gasteiger partial charge on any atom is 0.407 e. The topological polar surface area (TPSA) is 105 Å². The van der Waals surface area contributed by atoms with E-state index in [2.05, 4.69) is 10.6 Å². The molecule has 1 aliphatic carbocycles. The van der Waals surface area contributed by atoms with E-state index >= 15 is 0 Å². The zero-order valence-electron chi connectivity index (χ0n) is 17.8. The minimum absolute atomic E-state index is 0.0908. The lowest BCUT2D eigenvalue weighted by atomic mass is 9.98. The van der Waals surface area contributed by atoms with E-state index in [9.17, 15) is 14.4 Å². The summed E-state index contributed by atoms with van der Waals surface area (Å²) < 4.78 is 5.43. The highest BCUT2D eigenvalue weighted by Gasteiger charge is 2.30. The second kappa shape index (κ2) is 10.1. The van der Waals surface area contributed by atoms with E-state index in [1.165, 1.54) is 0 Å². The monoisotopic (exact) mass is 424 g/mol. The Balaban J connectivity index is 1.65. The fraction of sp³-hybridized carbons (Fsp3) is 0.375. The molecule has 0 bridgehead atoms. The van der Waals surface area contributed by atoms with E-state index in [4.69, 9.17) is 9.84 Å². The van der Waals surface area contributed by atoms with Crippen molar-refractivity contribution < 1.29 is 24.2 Å². The van der Waals surface area contributed by atoms with Gasteiger partial charge >= 0.3 is 12.1 Å². The zero-order chi connectivity index (χ0) is 22.4. The third kappa shape index (κ3) is 5.42. The van der Waals surface area contributed by atoms with E-state index < -0.39 is 30.4 Å². The van der Waals surface area contributed by atoms with Crippen molar-refractivity contribution in [3.8, 4) is 11.1 Å². The summed E-state index contributed by atoms with van der Waals surface area (Å²) in [7, 11) is 0. The number of amides is 2. The van der Waals surface area contributed by atoms with Crippen LogP contribution < -0.4 is 10.6 Å². The van der Waals surface area contributed by atoms with Gasteiger partial charge in [0.1, 0.15) is 12.6 Å². The lowest BCUT2D eigenvalue weighted by Crippen LogP contribution is -2.50. The van der Waals surface area contributed by atoms with Gasteiger partial charge in [-0.25, -0.2) is 4.79 Å². The van der Waals surface area contributed by atoms with Gasteiger partial charge in [0.05, 0.1) is 6.42 Å². The Morgan fingerprint density at radius 2 is 1.58 bits per heavy atom. The number of nitrogens with one attached hydrogen (secondary N) is 2. The average Bonchev–Trinajstić information content (AvgIpc) is 3.05. The van der Waals surface area contributed by atoms with Crippen molar-refractivity contribution in [1.82, 2.24) is 10.6 Å². The molecule has 1 aliphatic rings. The zero-order valence-corrected chi connectivity index (χ0v) is 17.8. The molecule has 7 heteroatoms. The van der Waals surface area contributed by atoms with Crippen LogP contribution in [0.1, 0.15) is 50.2 Å². The number of carbonyl (C=O) groups excluding carboxylic acids is 2. The molecule has 0 radical (unpaired) electrons. The first-order valence-electron chi connectivity index (χ1n) is 10.5. The summed E-state index contributed by atoms with van der Waals surface area (Å²) in [6.07, 6.45) is 0.308. The number of hydrogen-bond acceptors (Lipinski definition) is 4. The van der Waals surface area contributed by atoms with Crippen LogP contribution in [0.25, 0.3) is 11.1 Å². The first-order valence-corrected chi connectivity index (χ1v) is 10.5. The molecule has 2 amide bonds. The molecule has 2 aromatic carbocycles. The molecule has 2 unspecified atom stereocenters. The van der Waals surface area contributed by atoms with Crippen LogP contribution in [0, 0.1) is 0 Å². The molecule has 31 heavy (non-hydrogen) atoms. The van der Waals surface area contributed by atoms with Crippen LogP contribution in [0.15, 0.2) is 48.5 Å². The van der Waals surface area contributed by atoms with E-state index in [0.717, 1.165) is 35.1 Å². The quantitative estimate of drug-likeness (QED) is 0.570. The maximum absolute atomic E-state index is 12.4. The highest BCUT2D eigenvalue weighted by Crippen LogP contribution is 2.44.